The molecule has 6 nitrogen and oxygen atoms in total. The summed E-state index contributed by atoms with van der Waals surface area (Å²) in [7, 11) is 0. The predicted molar refractivity (Wildman–Crippen MR) is 97.7 cm³/mol. The molecule has 2 atom stereocenters. The number of primary amides is 1. The molecular formula is C19H36N2O4. The summed E-state index contributed by atoms with van der Waals surface area (Å²) < 4.78 is 0. The number of hydrogen-bond acceptors (Lipinski definition) is 4. The zero-order valence-electron chi connectivity index (χ0n) is 16.6. The van der Waals surface area contributed by atoms with E-state index < -0.39 is 34.6 Å². The lowest BCUT2D eigenvalue weighted by molar-refractivity contribution is -0.163. The number of nitrogens with two attached hydrogens (primary N) is 1. The summed E-state index contributed by atoms with van der Waals surface area (Å²) in [6.07, 6.45) is 2.76. The number of amides is 2. The van der Waals surface area contributed by atoms with Gasteiger partial charge in [0.1, 0.15) is 5.41 Å². The molecular weight excluding hydrogens is 320 g/mol. The molecule has 1 saturated carbocycles. The number of carbonyl (C=O) groups is 2. The molecule has 146 valence electrons. The van der Waals surface area contributed by atoms with Crippen LogP contribution < -0.4 is 5.73 Å². The van der Waals surface area contributed by atoms with Gasteiger partial charge in [-0.05, 0) is 52.4 Å². The van der Waals surface area contributed by atoms with Crippen molar-refractivity contribution in [3.63, 3.8) is 0 Å². The molecule has 0 aromatic heterocycles. The summed E-state index contributed by atoms with van der Waals surface area (Å²) in [6.45, 7) is 11.1. The smallest absolute Gasteiger partial charge is 0.238 e. The van der Waals surface area contributed by atoms with Crippen molar-refractivity contribution >= 4 is 11.8 Å². The molecule has 1 fully saturated rings. The summed E-state index contributed by atoms with van der Waals surface area (Å²) in [6, 6.07) is -1.07. The Kier molecular flexibility index (Phi) is 6.68. The molecule has 0 heterocycles. The molecule has 1 aliphatic carbocycles. The van der Waals surface area contributed by atoms with Crippen molar-refractivity contribution in [3.8, 4) is 0 Å². The van der Waals surface area contributed by atoms with E-state index in [-0.39, 0.29) is 5.91 Å². The molecule has 25 heavy (non-hydrogen) atoms. The standard InChI is InChI=1S/C19H36N2O4/c1-7-18(24,8-2)13(5)21(14(6)19(25,9-3)10-4)16(23)17(11-12-17)15(20)22/h13-14,24-25H,7-12H2,1-6H3,(H2,20,22). The van der Waals surface area contributed by atoms with E-state index in [1.54, 1.807) is 13.8 Å². The predicted octanol–water partition coefficient (Wildman–Crippen LogP) is 1.96. The zero-order chi connectivity index (χ0) is 19.6. The fraction of sp³-hybridized carbons (Fsp3) is 0.895. The van der Waals surface area contributed by atoms with E-state index in [1.807, 2.05) is 27.7 Å². The molecule has 0 aliphatic heterocycles. The molecule has 0 spiro atoms. The Morgan fingerprint density at radius 3 is 1.48 bits per heavy atom. The van der Waals surface area contributed by atoms with Gasteiger partial charge in [-0.2, -0.15) is 0 Å². The van der Waals surface area contributed by atoms with E-state index in [9.17, 15) is 19.8 Å². The second-order valence-electron chi connectivity index (χ2n) is 7.63. The average molecular weight is 357 g/mol. The summed E-state index contributed by atoms with van der Waals surface area (Å²) in [4.78, 5) is 26.8. The Balaban J connectivity index is 3.37. The van der Waals surface area contributed by atoms with Gasteiger partial charge in [-0.25, -0.2) is 0 Å². The second-order valence-corrected chi connectivity index (χ2v) is 7.63. The van der Waals surface area contributed by atoms with Crippen LogP contribution in [0.2, 0.25) is 0 Å². The number of carbonyl (C=O) groups excluding carboxylic acids is 2. The van der Waals surface area contributed by atoms with Crippen LogP contribution in [0.25, 0.3) is 0 Å². The van der Waals surface area contributed by atoms with Crippen LogP contribution in [0.4, 0.5) is 0 Å². The Morgan fingerprint density at radius 2 is 1.28 bits per heavy atom. The quantitative estimate of drug-likeness (QED) is 0.520. The van der Waals surface area contributed by atoms with Crippen molar-refractivity contribution in [1.29, 1.82) is 0 Å². The molecule has 4 N–H and O–H groups in total. The lowest BCUT2D eigenvalue weighted by atomic mass is 9.82. The van der Waals surface area contributed by atoms with Crippen LogP contribution in [0.5, 0.6) is 0 Å². The van der Waals surface area contributed by atoms with Gasteiger partial charge in [-0.3, -0.25) is 9.59 Å². The normalized spacial score (nSPS) is 19.2. The van der Waals surface area contributed by atoms with Crippen LogP contribution in [-0.4, -0.2) is 50.2 Å². The molecule has 1 rings (SSSR count). The highest BCUT2D eigenvalue weighted by Gasteiger charge is 2.60. The lowest BCUT2D eigenvalue weighted by Crippen LogP contribution is -2.63. The van der Waals surface area contributed by atoms with Gasteiger partial charge in [0.05, 0.1) is 23.3 Å². The van der Waals surface area contributed by atoms with E-state index in [4.69, 9.17) is 5.73 Å². The molecule has 2 unspecified atom stereocenters. The third-order valence-corrected chi connectivity index (χ3v) is 6.70. The Labute approximate surface area is 151 Å². The number of nitrogens with zero attached hydrogens (tertiary/aromatic N) is 1. The molecule has 0 saturated heterocycles. The summed E-state index contributed by atoms with van der Waals surface area (Å²) >= 11 is 0. The fourth-order valence-corrected chi connectivity index (χ4v) is 3.82. The van der Waals surface area contributed by atoms with Gasteiger partial charge in [0.2, 0.25) is 11.8 Å². The molecule has 0 radical (unpaired) electrons. The first-order valence-electron chi connectivity index (χ1n) is 9.57. The summed E-state index contributed by atoms with van der Waals surface area (Å²) in [5.41, 5.74) is 2.17. The Morgan fingerprint density at radius 1 is 0.960 bits per heavy atom. The Hall–Kier alpha value is -1.14. The van der Waals surface area contributed by atoms with E-state index >= 15 is 0 Å². The highest BCUT2D eigenvalue weighted by molar-refractivity contribution is 6.07. The van der Waals surface area contributed by atoms with Gasteiger partial charge in [0, 0.05) is 0 Å². The average Bonchev–Trinajstić information content (AvgIpc) is 3.42. The van der Waals surface area contributed by atoms with Crippen LogP contribution in [0.15, 0.2) is 0 Å². The van der Waals surface area contributed by atoms with E-state index in [1.165, 1.54) is 4.90 Å². The van der Waals surface area contributed by atoms with Crippen molar-refractivity contribution in [2.75, 3.05) is 0 Å². The first-order chi connectivity index (χ1) is 11.5. The Bertz CT molecular complexity index is 470. The maximum atomic E-state index is 13.3. The minimum absolute atomic E-state index is 0.361. The second kappa shape index (κ2) is 7.62. The fourth-order valence-electron chi connectivity index (χ4n) is 3.82. The molecule has 0 bridgehead atoms. The summed E-state index contributed by atoms with van der Waals surface area (Å²) in [5, 5.41) is 22.0. The third-order valence-electron chi connectivity index (χ3n) is 6.70. The monoisotopic (exact) mass is 356 g/mol. The van der Waals surface area contributed by atoms with Crippen molar-refractivity contribution in [2.24, 2.45) is 11.1 Å². The van der Waals surface area contributed by atoms with Gasteiger partial charge in [-0.15, -0.1) is 0 Å². The van der Waals surface area contributed by atoms with Crippen LogP contribution in [0, 0.1) is 5.41 Å². The lowest BCUT2D eigenvalue weighted by Gasteiger charge is -2.48. The third kappa shape index (κ3) is 3.70. The van der Waals surface area contributed by atoms with E-state index in [0.29, 0.717) is 38.5 Å². The minimum atomic E-state index is -1.17. The van der Waals surface area contributed by atoms with E-state index in [0.717, 1.165) is 0 Å². The van der Waals surface area contributed by atoms with Gasteiger partial charge < -0.3 is 20.8 Å². The number of rotatable bonds is 10. The first-order valence-corrected chi connectivity index (χ1v) is 9.57. The molecule has 2 amide bonds. The largest absolute Gasteiger partial charge is 0.388 e. The van der Waals surface area contributed by atoms with Crippen LogP contribution in [-0.2, 0) is 9.59 Å². The highest BCUT2D eigenvalue weighted by Crippen LogP contribution is 2.49. The zero-order valence-corrected chi connectivity index (χ0v) is 16.6. The minimum Gasteiger partial charge on any atom is -0.388 e. The van der Waals surface area contributed by atoms with Crippen molar-refractivity contribution in [3.05, 3.63) is 0 Å². The van der Waals surface area contributed by atoms with Crippen molar-refractivity contribution in [2.45, 2.75) is 103 Å². The maximum Gasteiger partial charge on any atom is 0.238 e. The first kappa shape index (κ1) is 21.9. The molecule has 6 heteroatoms. The number of hydrogen-bond donors (Lipinski definition) is 3. The van der Waals surface area contributed by atoms with Gasteiger partial charge >= 0.3 is 0 Å². The van der Waals surface area contributed by atoms with Crippen LogP contribution >= 0.6 is 0 Å². The number of aliphatic hydroxyl groups is 2. The molecule has 1 aliphatic rings. The highest BCUT2D eigenvalue weighted by atomic mass is 16.3. The van der Waals surface area contributed by atoms with Crippen LogP contribution in [0.3, 0.4) is 0 Å². The van der Waals surface area contributed by atoms with Crippen molar-refractivity contribution in [1.82, 2.24) is 4.90 Å². The molecule has 0 aromatic rings. The molecule has 0 aromatic carbocycles. The topological polar surface area (TPSA) is 104 Å². The van der Waals surface area contributed by atoms with Crippen molar-refractivity contribution < 1.29 is 19.8 Å². The summed E-state index contributed by atoms with van der Waals surface area (Å²) in [5.74, 6) is -0.976. The maximum absolute atomic E-state index is 13.3. The van der Waals surface area contributed by atoms with Gasteiger partial charge in [-0.1, -0.05) is 27.7 Å². The van der Waals surface area contributed by atoms with Gasteiger partial charge in [0.15, 0.2) is 0 Å². The van der Waals surface area contributed by atoms with E-state index in [2.05, 4.69) is 0 Å². The van der Waals surface area contributed by atoms with Gasteiger partial charge in [0.25, 0.3) is 0 Å². The SMILES string of the molecule is CCC(O)(CC)C(C)N(C(=O)C1(C(N)=O)CC1)C(C)C(O)(CC)CC. The van der Waals surface area contributed by atoms with Crippen LogP contribution in [0.1, 0.15) is 80.1 Å².